The highest BCUT2D eigenvalue weighted by Gasteiger charge is 2.12. The molecule has 1 aromatic heterocycles. The molecule has 20 heavy (non-hydrogen) atoms. The maximum absolute atomic E-state index is 10.8. The number of benzene rings is 1. The average molecular weight is 273 g/mol. The van der Waals surface area contributed by atoms with Gasteiger partial charge >= 0.3 is 5.97 Å². The average Bonchev–Trinajstić information content (AvgIpc) is 2.77. The molecule has 4 nitrogen and oxygen atoms in total. The number of aromatic carboxylic acids is 1. The first kappa shape index (κ1) is 14.3. The predicted octanol–water partition coefficient (Wildman–Crippen LogP) is 2.93. The van der Waals surface area contributed by atoms with Crippen LogP contribution in [0.3, 0.4) is 0 Å². The summed E-state index contributed by atoms with van der Waals surface area (Å²) >= 11 is 0. The molecule has 2 aromatic rings. The van der Waals surface area contributed by atoms with Gasteiger partial charge in [0.1, 0.15) is 5.76 Å². The fourth-order valence-corrected chi connectivity index (χ4v) is 2.12. The Kier molecular flexibility index (Phi) is 4.58. The minimum atomic E-state index is -1.03. The van der Waals surface area contributed by atoms with E-state index >= 15 is 0 Å². The zero-order valence-electron chi connectivity index (χ0n) is 11.8. The van der Waals surface area contributed by atoms with Gasteiger partial charge in [0, 0.05) is 12.1 Å². The summed E-state index contributed by atoms with van der Waals surface area (Å²) < 4.78 is 5.17. The van der Waals surface area contributed by atoms with E-state index in [9.17, 15) is 4.79 Å². The van der Waals surface area contributed by atoms with Crippen molar-refractivity contribution in [3.63, 3.8) is 0 Å². The van der Waals surface area contributed by atoms with Crippen LogP contribution in [-0.4, -0.2) is 17.6 Å². The minimum Gasteiger partial charge on any atom is -0.475 e. The van der Waals surface area contributed by atoms with Crippen molar-refractivity contribution >= 4 is 5.97 Å². The number of hydrogen-bond donors (Lipinski definition) is 2. The summed E-state index contributed by atoms with van der Waals surface area (Å²) in [5.74, 6) is -0.373. The van der Waals surface area contributed by atoms with E-state index in [-0.39, 0.29) is 5.76 Å². The van der Waals surface area contributed by atoms with Crippen LogP contribution in [0.2, 0.25) is 0 Å². The molecule has 1 aromatic carbocycles. The highest BCUT2D eigenvalue weighted by molar-refractivity contribution is 5.84. The zero-order valence-corrected chi connectivity index (χ0v) is 11.8. The van der Waals surface area contributed by atoms with Crippen LogP contribution in [0.15, 0.2) is 34.7 Å². The molecule has 0 radical (unpaired) electrons. The third kappa shape index (κ3) is 3.71. The number of furan rings is 1. The third-order valence-electron chi connectivity index (χ3n) is 3.22. The summed E-state index contributed by atoms with van der Waals surface area (Å²) in [5.41, 5.74) is 3.46. The number of hydrogen-bond acceptors (Lipinski definition) is 3. The van der Waals surface area contributed by atoms with Crippen LogP contribution < -0.4 is 5.32 Å². The molecule has 2 rings (SSSR count). The maximum atomic E-state index is 10.8. The Labute approximate surface area is 118 Å². The summed E-state index contributed by atoms with van der Waals surface area (Å²) in [4.78, 5) is 10.8. The molecule has 0 amide bonds. The molecular formula is C16H19NO3. The number of carboxylic acids is 1. The molecule has 0 bridgehead atoms. The summed E-state index contributed by atoms with van der Waals surface area (Å²) in [6.45, 7) is 5.33. The van der Waals surface area contributed by atoms with Gasteiger partial charge in [0.25, 0.3) is 0 Å². The number of carboxylic acid groups (broad SMARTS) is 1. The lowest BCUT2D eigenvalue weighted by Gasteiger charge is -2.05. The highest BCUT2D eigenvalue weighted by atomic mass is 16.4. The molecule has 0 aliphatic heterocycles. The molecule has 0 saturated heterocycles. The van der Waals surface area contributed by atoms with Gasteiger partial charge in [0.15, 0.2) is 0 Å². The first-order valence-electron chi connectivity index (χ1n) is 6.65. The molecule has 4 heteroatoms. The Hall–Kier alpha value is -2.07. The number of nitrogens with one attached hydrogen (secondary N) is 1. The summed E-state index contributed by atoms with van der Waals surface area (Å²) in [5, 5.41) is 12.2. The second-order valence-corrected chi connectivity index (χ2v) is 4.91. The van der Waals surface area contributed by atoms with Gasteiger partial charge in [-0.2, -0.15) is 0 Å². The van der Waals surface area contributed by atoms with Gasteiger partial charge in [-0.05, 0) is 38.4 Å². The van der Waals surface area contributed by atoms with Crippen LogP contribution in [0.5, 0.6) is 0 Å². The van der Waals surface area contributed by atoms with Crippen LogP contribution in [0, 0.1) is 13.8 Å². The van der Waals surface area contributed by atoms with Crippen molar-refractivity contribution < 1.29 is 14.3 Å². The monoisotopic (exact) mass is 273 g/mol. The molecular weight excluding hydrogens is 254 g/mol. The number of rotatable bonds is 6. The van der Waals surface area contributed by atoms with E-state index < -0.39 is 5.97 Å². The molecule has 2 N–H and O–H groups in total. The first-order chi connectivity index (χ1) is 9.56. The van der Waals surface area contributed by atoms with Gasteiger partial charge in [-0.1, -0.05) is 29.8 Å². The lowest BCUT2D eigenvalue weighted by molar-refractivity contribution is 0.0661. The molecule has 0 fully saturated rings. The number of carbonyl (C=O) groups is 1. The van der Waals surface area contributed by atoms with Crippen LogP contribution in [-0.2, 0) is 13.0 Å². The second-order valence-electron chi connectivity index (χ2n) is 4.91. The van der Waals surface area contributed by atoms with Gasteiger partial charge in [-0.3, -0.25) is 0 Å². The van der Waals surface area contributed by atoms with Crippen LogP contribution >= 0.6 is 0 Å². The maximum Gasteiger partial charge on any atom is 0.371 e. The molecule has 0 saturated carbocycles. The van der Waals surface area contributed by atoms with Gasteiger partial charge < -0.3 is 14.8 Å². The van der Waals surface area contributed by atoms with Crippen molar-refractivity contribution in [1.82, 2.24) is 5.32 Å². The van der Waals surface area contributed by atoms with Crippen molar-refractivity contribution in [3.05, 3.63) is 58.5 Å². The molecule has 0 aliphatic carbocycles. The van der Waals surface area contributed by atoms with Gasteiger partial charge in [-0.25, -0.2) is 4.79 Å². The smallest absolute Gasteiger partial charge is 0.371 e. The van der Waals surface area contributed by atoms with Crippen molar-refractivity contribution in [1.29, 1.82) is 0 Å². The largest absolute Gasteiger partial charge is 0.475 e. The van der Waals surface area contributed by atoms with Crippen LogP contribution in [0.25, 0.3) is 0 Å². The Balaban J connectivity index is 1.83. The molecule has 0 spiro atoms. The van der Waals surface area contributed by atoms with E-state index in [1.807, 2.05) is 0 Å². The van der Waals surface area contributed by atoms with E-state index in [2.05, 4.69) is 36.5 Å². The molecule has 1 heterocycles. The van der Waals surface area contributed by atoms with Gasteiger partial charge in [-0.15, -0.1) is 0 Å². The second kappa shape index (κ2) is 6.39. The third-order valence-corrected chi connectivity index (χ3v) is 3.22. The quantitative estimate of drug-likeness (QED) is 0.794. The van der Waals surface area contributed by atoms with E-state index in [1.165, 1.54) is 11.1 Å². The van der Waals surface area contributed by atoms with Crippen molar-refractivity contribution in [2.24, 2.45) is 0 Å². The number of aryl methyl sites for hydroxylation is 2. The van der Waals surface area contributed by atoms with Crippen LogP contribution in [0.4, 0.5) is 0 Å². The summed E-state index contributed by atoms with van der Waals surface area (Å²) in [7, 11) is 0. The summed E-state index contributed by atoms with van der Waals surface area (Å²) in [6, 6.07) is 10.0. The highest BCUT2D eigenvalue weighted by Crippen LogP contribution is 2.14. The van der Waals surface area contributed by atoms with Crippen molar-refractivity contribution in [2.45, 2.75) is 26.8 Å². The Bertz CT molecular complexity index is 602. The molecule has 0 atom stereocenters. The normalized spacial score (nSPS) is 10.7. The fourth-order valence-electron chi connectivity index (χ4n) is 2.12. The predicted molar refractivity (Wildman–Crippen MR) is 77.0 cm³/mol. The molecule has 106 valence electrons. The Morgan fingerprint density at radius 3 is 2.75 bits per heavy atom. The van der Waals surface area contributed by atoms with Crippen molar-refractivity contribution in [3.8, 4) is 0 Å². The van der Waals surface area contributed by atoms with Crippen LogP contribution in [0.1, 0.15) is 33.0 Å². The first-order valence-corrected chi connectivity index (χ1v) is 6.65. The Morgan fingerprint density at radius 2 is 2.10 bits per heavy atom. The minimum absolute atomic E-state index is 0.00187. The van der Waals surface area contributed by atoms with E-state index in [1.54, 1.807) is 13.0 Å². The Morgan fingerprint density at radius 1 is 1.30 bits per heavy atom. The van der Waals surface area contributed by atoms with Gasteiger partial charge in [0.2, 0.25) is 5.76 Å². The zero-order chi connectivity index (χ0) is 14.5. The van der Waals surface area contributed by atoms with E-state index in [0.29, 0.717) is 12.3 Å². The lowest BCUT2D eigenvalue weighted by Crippen LogP contribution is -2.16. The van der Waals surface area contributed by atoms with Gasteiger partial charge in [0.05, 0.1) is 0 Å². The molecule has 0 unspecified atom stereocenters. The standard InChI is InChI=1S/C16H19NO3/c1-11-4-3-5-13(8-11)6-7-17-10-14-9-15(16(18)19)20-12(14)2/h3-5,8-9,17H,6-7,10H2,1-2H3,(H,18,19). The van der Waals surface area contributed by atoms with E-state index in [0.717, 1.165) is 18.5 Å². The lowest BCUT2D eigenvalue weighted by atomic mass is 10.1. The van der Waals surface area contributed by atoms with Crippen molar-refractivity contribution in [2.75, 3.05) is 6.54 Å². The molecule has 0 aliphatic rings. The van der Waals surface area contributed by atoms with E-state index in [4.69, 9.17) is 9.52 Å². The fraction of sp³-hybridized carbons (Fsp3) is 0.312. The SMILES string of the molecule is Cc1cccc(CCNCc2cc(C(=O)O)oc2C)c1. The summed E-state index contributed by atoms with van der Waals surface area (Å²) in [6.07, 6.45) is 0.949. The topological polar surface area (TPSA) is 62.5 Å².